The fraction of sp³-hybridized carbons (Fsp3) is 0.679. The number of hydrogen-bond acceptors (Lipinski definition) is 0. The van der Waals surface area contributed by atoms with Crippen LogP contribution >= 0.6 is 0 Å². The maximum absolute atomic E-state index is 2.45. The average Bonchev–Trinajstić information content (AvgIpc) is 4.19. The smallest absolute Gasteiger partial charge is 0 e. The first-order chi connectivity index (χ1) is 38.7. The molecule has 4 aromatic rings. The van der Waals surface area contributed by atoms with Gasteiger partial charge in [-0.25, -0.2) is 0 Å². The average molecular weight is 1300 g/mol. The minimum absolute atomic E-state index is 0. The Morgan fingerprint density at radius 2 is 0.711 bits per heavy atom. The minimum atomic E-state index is 0. The van der Waals surface area contributed by atoms with Gasteiger partial charge >= 0.3 is 0 Å². The van der Waals surface area contributed by atoms with Gasteiger partial charge in [0.1, 0.15) is 0 Å². The molecule has 0 heterocycles. The molecule has 0 N–H and O–H groups in total. The topological polar surface area (TPSA) is 0 Å². The van der Waals surface area contributed by atoms with E-state index in [0.29, 0.717) is 10.8 Å². The van der Waals surface area contributed by atoms with Gasteiger partial charge in [0.05, 0.1) is 0 Å². The molecule has 5 aliphatic rings. The molecule has 484 valence electrons. The van der Waals surface area contributed by atoms with Crippen molar-refractivity contribution in [3.05, 3.63) is 147 Å². The molecule has 83 heavy (non-hydrogen) atoms. The summed E-state index contributed by atoms with van der Waals surface area (Å²) in [4.78, 5) is 0. The second-order valence-corrected chi connectivity index (χ2v) is 21.0. The Hall–Kier alpha value is -0.912. The fourth-order valence-corrected chi connectivity index (χ4v) is 11.5. The van der Waals surface area contributed by atoms with Crippen molar-refractivity contribution < 1.29 is 65.4 Å². The zero-order valence-corrected chi connectivity index (χ0v) is 67.5. The summed E-state index contributed by atoms with van der Waals surface area (Å²) >= 11 is 0. The van der Waals surface area contributed by atoms with Crippen molar-refractivity contribution in [1.29, 1.82) is 0 Å². The number of rotatable bonds is 7. The van der Waals surface area contributed by atoms with E-state index in [1.165, 1.54) is 106 Å². The van der Waals surface area contributed by atoms with Crippen LogP contribution in [0.4, 0.5) is 0 Å². The second kappa shape index (κ2) is 79.1. The van der Waals surface area contributed by atoms with Crippen LogP contribution in [0.2, 0.25) is 0 Å². The SMILES string of the molecule is C1CCC(CC2CCCCC2)CC1.CC.CC.CC.CC.CC.CC.CC.CC.CC.CCC.CCC1(C)CCCC(C)(C)C1.CCC1CC2CCC1C2.[CH3-].[CH3-].[Y].[Y].c1ccc(-c2ccccc2)cc1.c1ccc(Cc2ccccc2)cc1. The van der Waals surface area contributed by atoms with Crippen LogP contribution in [0.1, 0.15) is 325 Å². The minimum Gasteiger partial charge on any atom is -0.358 e. The quantitative estimate of drug-likeness (QED) is 0.162. The number of hydrogen-bond donors (Lipinski definition) is 0. The maximum Gasteiger partial charge on any atom is 0 e. The molecule has 5 aliphatic carbocycles. The molecule has 0 spiro atoms. The molecule has 2 radical (unpaired) electrons. The molecule has 0 amide bonds. The summed E-state index contributed by atoms with van der Waals surface area (Å²) in [5, 5.41) is 0. The molecule has 9 rings (SSSR count). The molecule has 4 aromatic carbocycles. The first-order valence-electron chi connectivity index (χ1n) is 34.8. The van der Waals surface area contributed by atoms with Gasteiger partial charge in [0.2, 0.25) is 0 Å². The maximum atomic E-state index is 2.45. The van der Waals surface area contributed by atoms with Gasteiger partial charge in [0, 0.05) is 65.4 Å². The summed E-state index contributed by atoms with van der Waals surface area (Å²) in [7, 11) is 0. The van der Waals surface area contributed by atoms with Gasteiger partial charge in [0.15, 0.2) is 0 Å². The van der Waals surface area contributed by atoms with Gasteiger partial charge in [-0.3, -0.25) is 0 Å². The predicted octanol–water partition coefficient (Wildman–Crippen LogP) is 29.6. The van der Waals surface area contributed by atoms with E-state index in [4.69, 9.17) is 0 Å². The van der Waals surface area contributed by atoms with Crippen LogP contribution in [0.15, 0.2) is 121 Å². The van der Waals surface area contributed by atoms with Gasteiger partial charge in [-0.2, -0.15) is 0 Å². The summed E-state index contributed by atoms with van der Waals surface area (Å²) in [6.45, 7) is 52.2. The van der Waals surface area contributed by atoms with Crippen molar-refractivity contribution >= 4 is 0 Å². The Kier molecular flexibility index (Phi) is 99.0. The fourth-order valence-electron chi connectivity index (χ4n) is 11.5. The Balaban J connectivity index is -0.0000000919. The number of fused-ring (bicyclic) bond motifs is 2. The summed E-state index contributed by atoms with van der Waals surface area (Å²) in [5.74, 6) is 5.68. The van der Waals surface area contributed by atoms with Crippen LogP contribution in [-0.2, 0) is 71.8 Å². The van der Waals surface area contributed by atoms with E-state index in [0.717, 1.165) is 36.0 Å². The van der Waals surface area contributed by atoms with Crippen molar-refractivity contribution in [3.8, 4) is 11.1 Å². The van der Waals surface area contributed by atoms with Crippen molar-refractivity contribution in [2.45, 2.75) is 321 Å². The van der Waals surface area contributed by atoms with E-state index < -0.39 is 0 Å². The predicted molar refractivity (Wildman–Crippen MR) is 386 cm³/mol. The van der Waals surface area contributed by atoms with Gasteiger partial charge in [-0.15, -0.1) is 0 Å². The molecule has 5 fully saturated rings. The second-order valence-electron chi connectivity index (χ2n) is 21.0. The third-order valence-electron chi connectivity index (χ3n) is 14.9. The van der Waals surface area contributed by atoms with E-state index in [1.54, 1.807) is 57.8 Å². The van der Waals surface area contributed by atoms with Crippen LogP contribution in [0.5, 0.6) is 0 Å². The molecular weight excluding hydrogens is 1150 g/mol. The molecule has 2 heteroatoms. The van der Waals surface area contributed by atoms with Crippen LogP contribution in [0, 0.1) is 55.3 Å². The molecule has 0 aliphatic heterocycles. The van der Waals surface area contributed by atoms with Gasteiger partial charge in [-0.1, -0.05) is 391 Å². The number of benzene rings is 4. The Morgan fingerprint density at radius 3 is 0.952 bits per heavy atom. The summed E-state index contributed by atoms with van der Waals surface area (Å²) in [5.41, 5.74) is 6.56. The Morgan fingerprint density at radius 1 is 0.386 bits per heavy atom. The molecule has 0 nitrogen and oxygen atoms in total. The van der Waals surface area contributed by atoms with Crippen LogP contribution in [0.25, 0.3) is 11.1 Å². The van der Waals surface area contributed by atoms with Gasteiger partial charge in [0.25, 0.3) is 0 Å². The largest absolute Gasteiger partial charge is 0.358 e. The first kappa shape index (κ1) is 104. The zero-order chi connectivity index (χ0) is 61.6. The Bertz CT molecular complexity index is 1530. The zero-order valence-electron chi connectivity index (χ0n) is 61.9. The van der Waals surface area contributed by atoms with Gasteiger partial charge in [-0.05, 0) is 114 Å². The third-order valence-corrected chi connectivity index (χ3v) is 14.9. The van der Waals surface area contributed by atoms with Crippen molar-refractivity contribution in [2.75, 3.05) is 0 Å². The van der Waals surface area contributed by atoms with E-state index in [1.807, 2.05) is 137 Å². The monoisotopic (exact) mass is 1300 g/mol. The van der Waals surface area contributed by atoms with E-state index >= 15 is 0 Å². The van der Waals surface area contributed by atoms with Gasteiger partial charge < -0.3 is 14.9 Å². The normalized spacial score (nSPS) is 18.3. The van der Waals surface area contributed by atoms with E-state index in [-0.39, 0.29) is 80.3 Å². The Labute approximate surface area is 579 Å². The molecule has 5 saturated carbocycles. The van der Waals surface area contributed by atoms with Crippen LogP contribution in [-0.4, -0.2) is 0 Å². The molecule has 0 aromatic heterocycles. The first-order valence-corrected chi connectivity index (χ1v) is 34.8. The van der Waals surface area contributed by atoms with E-state index in [9.17, 15) is 0 Å². The molecule has 0 saturated heterocycles. The molecular formula is C81H152Y2-2. The van der Waals surface area contributed by atoms with Crippen molar-refractivity contribution in [1.82, 2.24) is 0 Å². The van der Waals surface area contributed by atoms with Crippen molar-refractivity contribution in [2.24, 2.45) is 40.4 Å². The molecule has 4 atom stereocenters. The summed E-state index contributed by atoms with van der Waals surface area (Å²) in [6.07, 6.45) is 34.0. The van der Waals surface area contributed by atoms with Crippen LogP contribution in [0.3, 0.4) is 0 Å². The third kappa shape index (κ3) is 56.1. The standard InChI is InChI=1S/C13H24.C13H12.C12H10.C11H22.C9H16.C3H8.9C2H6.2CH3.2Y/c2*1-3-7-12(8-4-1)11-13-9-5-2-6-10-13;1-3-7-11(8-4-1)12-9-5-2-6-10-12;1-5-11(4)8-6-7-10(2,3)9-11;1-2-8-5-7-3-4-9(8)6-7;1-3-2;9*1-2;;;;/h12-13H,1-11H2;1-10H,11H2;1-10H;5-9H2,1-4H3;7-9H,2-6H2,1H3;3H2,1-2H3;9*1-2H3;2*1H3;;/q;;;;;;;;;;;;;;;2*-1;;. The summed E-state index contributed by atoms with van der Waals surface area (Å²) in [6, 6.07) is 41.8. The van der Waals surface area contributed by atoms with E-state index in [2.05, 4.69) is 158 Å². The van der Waals surface area contributed by atoms with Crippen LogP contribution < -0.4 is 0 Å². The molecule has 4 unspecified atom stereocenters. The summed E-state index contributed by atoms with van der Waals surface area (Å²) < 4.78 is 0. The van der Waals surface area contributed by atoms with Crippen molar-refractivity contribution in [3.63, 3.8) is 0 Å². The molecule has 2 bridgehead atoms.